The summed E-state index contributed by atoms with van der Waals surface area (Å²) < 4.78 is 42.5. The first-order valence-corrected chi connectivity index (χ1v) is 11.1. The Kier molecular flexibility index (Phi) is 6.65. The molecule has 2 N–H and O–H groups in total. The zero-order chi connectivity index (χ0) is 23.6. The standard InChI is InChI=1S/C24H24ClF3N4O/c1-2-15-7-9-16(10-8-15)20-12-21(24(26,27)28)32-23(31-20)18(14-30-32)11-22(33)29-13-17-5-3-4-6-19(17)25/h3-10,14,20-21,31H,2,11-13H2,1H3,(H,29,33)/t20-,21+/m1/s1. The van der Waals surface area contributed by atoms with Gasteiger partial charge in [0.15, 0.2) is 6.04 Å². The van der Waals surface area contributed by atoms with Gasteiger partial charge in [-0.05, 0) is 29.2 Å². The fraction of sp³-hybridized carbons (Fsp3) is 0.333. The van der Waals surface area contributed by atoms with Crippen LogP contribution in [0.2, 0.25) is 5.02 Å². The number of rotatable bonds is 6. The number of hydrogen-bond acceptors (Lipinski definition) is 3. The van der Waals surface area contributed by atoms with Gasteiger partial charge in [0.25, 0.3) is 0 Å². The van der Waals surface area contributed by atoms with Crippen molar-refractivity contribution in [3.63, 3.8) is 0 Å². The number of alkyl halides is 3. The Morgan fingerprint density at radius 2 is 1.91 bits per heavy atom. The molecule has 3 aromatic rings. The second kappa shape index (κ2) is 9.47. The van der Waals surface area contributed by atoms with Crippen molar-refractivity contribution in [1.29, 1.82) is 0 Å². The maximum absolute atomic E-state index is 13.9. The smallest absolute Gasteiger partial charge is 0.363 e. The molecule has 0 spiro atoms. The summed E-state index contributed by atoms with van der Waals surface area (Å²) in [4.78, 5) is 12.5. The largest absolute Gasteiger partial charge is 0.410 e. The van der Waals surface area contributed by atoms with Crippen molar-refractivity contribution in [3.05, 3.63) is 82.0 Å². The van der Waals surface area contributed by atoms with E-state index >= 15 is 0 Å². The van der Waals surface area contributed by atoms with Gasteiger partial charge in [-0.15, -0.1) is 0 Å². The van der Waals surface area contributed by atoms with Gasteiger partial charge in [-0.25, -0.2) is 4.68 Å². The highest BCUT2D eigenvalue weighted by atomic mass is 35.5. The van der Waals surface area contributed by atoms with Gasteiger partial charge in [-0.1, -0.05) is 61.0 Å². The molecule has 9 heteroatoms. The Hall–Kier alpha value is -3.00. The van der Waals surface area contributed by atoms with Crippen molar-refractivity contribution in [2.24, 2.45) is 0 Å². The number of carbonyl (C=O) groups is 1. The lowest BCUT2D eigenvalue weighted by molar-refractivity contribution is -0.173. The first-order valence-electron chi connectivity index (χ1n) is 10.7. The van der Waals surface area contributed by atoms with Crippen molar-refractivity contribution < 1.29 is 18.0 Å². The number of hydrogen-bond donors (Lipinski definition) is 2. The van der Waals surface area contributed by atoms with Gasteiger partial charge in [-0.2, -0.15) is 18.3 Å². The highest BCUT2D eigenvalue weighted by Crippen LogP contribution is 2.44. The normalized spacial score (nSPS) is 17.8. The van der Waals surface area contributed by atoms with Gasteiger partial charge in [0, 0.05) is 23.6 Å². The minimum Gasteiger partial charge on any atom is -0.363 e. The molecule has 5 nitrogen and oxygen atoms in total. The van der Waals surface area contributed by atoms with E-state index in [0.29, 0.717) is 10.6 Å². The average Bonchev–Trinajstić information content (AvgIpc) is 3.19. The van der Waals surface area contributed by atoms with Crippen LogP contribution in [0.15, 0.2) is 54.7 Å². The second-order valence-corrected chi connectivity index (χ2v) is 8.50. The molecule has 1 aromatic heterocycles. The molecular weight excluding hydrogens is 453 g/mol. The molecular formula is C24H24ClF3N4O. The van der Waals surface area contributed by atoms with Gasteiger partial charge in [0.05, 0.1) is 18.7 Å². The lowest BCUT2D eigenvalue weighted by atomic mass is 9.95. The molecule has 174 valence electrons. The molecule has 2 aromatic carbocycles. The minimum atomic E-state index is -4.46. The molecule has 33 heavy (non-hydrogen) atoms. The Morgan fingerprint density at radius 3 is 2.58 bits per heavy atom. The van der Waals surface area contributed by atoms with Gasteiger partial charge >= 0.3 is 6.18 Å². The van der Waals surface area contributed by atoms with Crippen LogP contribution in [0.4, 0.5) is 19.0 Å². The SMILES string of the molecule is CCc1ccc([C@H]2C[C@@H](C(F)(F)F)n3ncc(CC(=O)NCc4ccccc4Cl)c3N2)cc1. The fourth-order valence-electron chi connectivity index (χ4n) is 4.02. The molecule has 1 aliphatic rings. The van der Waals surface area contributed by atoms with Crippen LogP contribution in [0.1, 0.15) is 47.7 Å². The molecule has 0 saturated heterocycles. The minimum absolute atomic E-state index is 0.0984. The van der Waals surface area contributed by atoms with Crippen LogP contribution in [0.5, 0.6) is 0 Å². The molecule has 1 aliphatic heterocycles. The number of amides is 1. The molecule has 2 heterocycles. The second-order valence-electron chi connectivity index (χ2n) is 8.09. The number of aromatic nitrogens is 2. The summed E-state index contributed by atoms with van der Waals surface area (Å²) >= 11 is 6.12. The summed E-state index contributed by atoms with van der Waals surface area (Å²) in [6, 6.07) is 12.4. The van der Waals surface area contributed by atoms with E-state index in [4.69, 9.17) is 11.6 Å². The first kappa shape index (κ1) is 23.2. The molecule has 1 amide bonds. The predicted octanol–water partition coefficient (Wildman–Crippen LogP) is 5.62. The summed E-state index contributed by atoms with van der Waals surface area (Å²) in [7, 11) is 0. The van der Waals surface area contributed by atoms with Gasteiger partial charge in [0.1, 0.15) is 5.82 Å². The third-order valence-electron chi connectivity index (χ3n) is 5.89. The van der Waals surface area contributed by atoms with Crippen LogP contribution in [0.3, 0.4) is 0 Å². The molecule has 0 unspecified atom stereocenters. The van der Waals surface area contributed by atoms with E-state index in [1.807, 2.05) is 37.3 Å². The number of fused-ring (bicyclic) bond motifs is 1. The third kappa shape index (κ3) is 5.16. The van der Waals surface area contributed by atoms with E-state index < -0.39 is 18.3 Å². The van der Waals surface area contributed by atoms with Crippen LogP contribution >= 0.6 is 11.6 Å². The number of benzene rings is 2. The summed E-state index contributed by atoms with van der Waals surface area (Å²) in [5, 5.41) is 10.5. The van der Waals surface area contributed by atoms with E-state index in [9.17, 15) is 18.0 Å². The maximum Gasteiger partial charge on any atom is 0.410 e. The van der Waals surface area contributed by atoms with Crippen molar-refractivity contribution in [1.82, 2.24) is 15.1 Å². The summed E-state index contributed by atoms with van der Waals surface area (Å²) in [6.45, 7) is 2.25. The molecule has 0 radical (unpaired) electrons. The maximum atomic E-state index is 13.9. The zero-order valence-electron chi connectivity index (χ0n) is 18.0. The van der Waals surface area contributed by atoms with E-state index in [2.05, 4.69) is 15.7 Å². The highest BCUT2D eigenvalue weighted by Gasteiger charge is 2.46. The molecule has 0 bridgehead atoms. The molecule has 0 fully saturated rings. The highest BCUT2D eigenvalue weighted by molar-refractivity contribution is 6.31. The number of nitrogens with one attached hydrogen (secondary N) is 2. The van der Waals surface area contributed by atoms with Crippen LogP contribution in [0.25, 0.3) is 0 Å². The number of aryl methyl sites for hydroxylation is 1. The number of halogens is 4. The van der Waals surface area contributed by atoms with Gasteiger partial charge < -0.3 is 10.6 Å². The quantitative estimate of drug-likeness (QED) is 0.485. The first-order chi connectivity index (χ1) is 15.8. The number of carbonyl (C=O) groups excluding carboxylic acids is 1. The Labute approximate surface area is 194 Å². The van der Waals surface area contributed by atoms with Crippen molar-refractivity contribution in [2.45, 2.75) is 51.0 Å². The van der Waals surface area contributed by atoms with Gasteiger partial charge in [-0.3, -0.25) is 4.79 Å². The average molecular weight is 477 g/mol. The molecule has 0 saturated carbocycles. The Morgan fingerprint density at radius 1 is 1.18 bits per heavy atom. The Balaban J connectivity index is 1.54. The monoisotopic (exact) mass is 476 g/mol. The van der Waals surface area contributed by atoms with Crippen LogP contribution in [-0.2, 0) is 24.2 Å². The van der Waals surface area contributed by atoms with E-state index in [1.54, 1.807) is 18.2 Å². The summed E-state index contributed by atoms with van der Waals surface area (Å²) in [6.07, 6.45) is -2.56. The zero-order valence-corrected chi connectivity index (χ0v) is 18.7. The van der Waals surface area contributed by atoms with Crippen LogP contribution < -0.4 is 10.6 Å². The van der Waals surface area contributed by atoms with E-state index in [-0.39, 0.29) is 31.1 Å². The Bertz CT molecular complexity index is 1130. The third-order valence-corrected chi connectivity index (χ3v) is 6.26. The van der Waals surface area contributed by atoms with Gasteiger partial charge in [0.2, 0.25) is 5.91 Å². The number of nitrogens with zero attached hydrogens (tertiary/aromatic N) is 2. The molecule has 0 aliphatic carbocycles. The van der Waals surface area contributed by atoms with Crippen molar-refractivity contribution in [3.8, 4) is 0 Å². The van der Waals surface area contributed by atoms with Crippen molar-refractivity contribution in [2.75, 3.05) is 5.32 Å². The van der Waals surface area contributed by atoms with Crippen LogP contribution in [-0.4, -0.2) is 21.9 Å². The molecule has 4 rings (SSSR count). The summed E-state index contributed by atoms with van der Waals surface area (Å²) in [5.41, 5.74) is 3.05. The lowest BCUT2D eigenvalue weighted by Gasteiger charge is -2.34. The van der Waals surface area contributed by atoms with E-state index in [1.165, 1.54) is 6.20 Å². The van der Waals surface area contributed by atoms with E-state index in [0.717, 1.165) is 27.8 Å². The molecule has 2 atom stereocenters. The summed E-state index contributed by atoms with van der Waals surface area (Å²) in [5.74, 6) is -0.105. The number of anilines is 1. The fourth-order valence-corrected chi connectivity index (χ4v) is 4.22. The van der Waals surface area contributed by atoms with Crippen molar-refractivity contribution >= 4 is 23.3 Å². The lowest BCUT2D eigenvalue weighted by Crippen LogP contribution is -2.36. The predicted molar refractivity (Wildman–Crippen MR) is 121 cm³/mol. The topological polar surface area (TPSA) is 59.0 Å². The van der Waals surface area contributed by atoms with Crippen LogP contribution in [0, 0.1) is 0 Å².